The van der Waals surface area contributed by atoms with E-state index in [9.17, 15) is 23.3 Å². The van der Waals surface area contributed by atoms with Gasteiger partial charge in [-0.25, -0.2) is 8.42 Å². The number of halogens is 4. The van der Waals surface area contributed by atoms with Gasteiger partial charge in [-0.1, -0.05) is 50.7 Å². The number of sulfonamides is 1. The van der Waals surface area contributed by atoms with Crippen LogP contribution in [0.15, 0.2) is 64.0 Å². The Morgan fingerprint density at radius 1 is 0.938 bits per heavy atom. The molecular weight excluding hydrogens is 569 g/mol. The molecule has 0 spiro atoms. The minimum absolute atomic E-state index is 0.0394. The highest BCUT2D eigenvalue weighted by Gasteiger charge is 2.23. The molecule has 1 amide bonds. The first-order valence-electron chi connectivity index (χ1n) is 8.50. The van der Waals surface area contributed by atoms with Crippen LogP contribution >= 0.6 is 50.7 Å². The molecule has 0 radical (unpaired) electrons. The molecule has 3 aromatic carbocycles. The van der Waals surface area contributed by atoms with Crippen LogP contribution in [0.4, 0.5) is 17.1 Å². The molecule has 0 aromatic heterocycles. The molecule has 13 heteroatoms. The zero-order chi connectivity index (χ0) is 23.6. The topological polar surface area (TPSA) is 118 Å². The van der Waals surface area contributed by atoms with Crippen LogP contribution in [0.2, 0.25) is 15.1 Å². The predicted molar refractivity (Wildman–Crippen MR) is 127 cm³/mol. The van der Waals surface area contributed by atoms with Crippen LogP contribution in [0.3, 0.4) is 0 Å². The van der Waals surface area contributed by atoms with E-state index < -0.39 is 31.4 Å². The van der Waals surface area contributed by atoms with Crippen LogP contribution in [0, 0.1) is 10.1 Å². The number of nitrogens with zero attached hydrogens (tertiary/aromatic N) is 1. The molecule has 3 aromatic rings. The van der Waals surface area contributed by atoms with Crippen molar-refractivity contribution in [2.24, 2.45) is 0 Å². The van der Waals surface area contributed by atoms with E-state index in [2.05, 4.69) is 26.0 Å². The van der Waals surface area contributed by atoms with Crippen LogP contribution < -0.4 is 10.0 Å². The molecule has 0 fully saturated rings. The van der Waals surface area contributed by atoms with Gasteiger partial charge in [0, 0.05) is 15.6 Å². The zero-order valence-electron chi connectivity index (χ0n) is 15.6. The van der Waals surface area contributed by atoms with Crippen molar-refractivity contribution in [2.45, 2.75) is 4.90 Å². The van der Waals surface area contributed by atoms with E-state index >= 15 is 0 Å². The van der Waals surface area contributed by atoms with Crippen LogP contribution in [-0.4, -0.2) is 19.2 Å². The highest BCUT2D eigenvalue weighted by molar-refractivity contribution is 9.10. The first kappa shape index (κ1) is 24.3. The van der Waals surface area contributed by atoms with Gasteiger partial charge in [0.05, 0.1) is 31.8 Å². The van der Waals surface area contributed by atoms with Gasteiger partial charge >= 0.3 is 0 Å². The third-order valence-electron chi connectivity index (χ3n) is 4.07. The maximum Gasteiger partial charge on any atom is 0.289 e. The summed E-state index contributed by atoms with van der Waals surface area (Å²) in [5, 5.41) is 14.0. The highest BCUT2D eigenvalue weighted by atomic mass is 79.9. The lowest BCUT2D eigenvalue weighted by molar-refractivity contribution is -0.384. The number of benzene rings is 3. The van der Waals surface area contributed by atoms with Gasteiger partial charge in [-0.05, 0) is 48.5 Å². The number of hydrogen-bond acceptors (Lipinski definition) is 5. The molecule has 0 heterocycles. The third kappa shape index (κ3) is 5.51. The SMILES string of the molecule is O=C(Nc1cc(Cl)ccc1Cl)c1cc(Br)ccc1NS(=O)(=O)c1ccc(Cl)c([N+](=O)[O-])c1. The molecule has 0 saturated heterocycles. The lowest BCUT2D eigenvalue weighted by atomic mass is 10.1. The van der Waals surface area contributed by atoms with Crippen molar-refractivity contribution in [3.8, 4) is 0 Å². The molecule has 0 atom stereocenters. The van der Waals surface area contributed by atoms with E-state index in [-0.39, 0.29) is 27.0 Å². The van der Waals surface area contributed by atoms with Gasteiger partial charge in [0.25, 0.3) is 21.6 Å². The van der Waals surface area contributed by atoms with Crippen LogP contribution in [0.5, 0.6) is 0 Å². The van der Waals surface area contributed by atoms with Crippen molar-refractivity contribution >= 4 is 83.7 Å². The second-order valence-electron chi connectivity index (χ2n) is 6.24. The summed E-state index contributed by atoms with van der Waals surface area (Å²) < 4.78 is 28.5. The molecule has 32 heavy (non-hydrogen) atoms. The summed E-state index contributed by atoms with van der Waals surface area (Å²) >= 11 is 21.0. The Balaban J connectivity index is 1.97. The minimum Gasteiger partial charge on any atom is -0.321 e. The number of nitro benzene ring substituents is 1. The Morgan fingerprint density at radius 2 is 1.62 bits per heavy atom. The summed E-state index contributed by atoms with van der Waals surface area (Å²) in [6.45, 7) is 0. The van der Waals surface area contributed by atoms with Crippen molar-refractivity contribution in [3.63, 3.8) is 0 Å². The van der Waals surface area contributed by atoms with Crippen LogP contribution in [0.1, 0.15) is 10.4 Å². The van der Waals surface area contributed by atoms with E-state index in [0.717, 1.165) is 18.2 Å². The number of carbonyl (C=O) groups excluding carboxylic acids is 1. The molecule has 0 bridgehead atoms. The lowest BCUT2D eigenvalue weighted by Gasteiger charge is -2.14. The number of rotatable bonds is 6. The maximum absolute atomic E-state index is 12.9. The fourth-order valence-electron chi connectivity index (χ4n) is 2.58. The summed E-state index contributed by atoms with van der Waals surface area (Å²) in [4.78, 5) is 22.8. The van der Waals surface area contributed by atoms with Gasteiger partial charge in [0.15, 0.2) is 0 Å². The summed E-state index contributed by atoms with van der Waals surface area (Å²) in [6, 6.07) is 11.8. The van der Waals surface area contributed by atoms with E-state index in [0.29, 0.717) is 9.50 Å². The summed E-state index contributed by atoms with van der Waals surface area (Å²) in [7, 11) is -4.30. The number of nitrogens with one attached hydrogen (secondary N) is 2. The van der Waals surface area contributed by atoms with Crippen molar-refractivity contribution in [1.82, 2.24) is 0 Å². The van der Waals surface area contributed by atoms with Gasteiger partial charge in [0.1, 0.15) is 5.02 Å². The van der Waals surface area contributed by atoms with Gasteiger partial charge in [-0.15, -0.1) is 0 Å². The molecule has 166 valence electrons. The second-order valence-corrected chi connectivity index (χ2v) is 10.1. The summed E-state index contributed by atoms with van der Waals surface area (Å²) in [5.41, 5.74) is -0.450. The maximum atomic E-state index is 12.9. The molecule has 3 rings (SSSR count). The second kappa shape index (κ2) is 9.63. The molecule has 0 saturated carbocycles. The average molecular weight is 580 g/mol. The molecule has 0 aliphatic carbocycles. The summed E-state index contributed by atoms with van der Waals surface area (Å²) in [5.74, 6) is -0.671. The average Bonchev–Trinajstić information content (AvgIpc) is 2.71. The highest BCUT2D eigenvalue weighted by Crippen LogP contribution is 2.31. The number of carbonyl (C=O) groups is 1. The van der Waals surface area contributed by atoms with Gasteiger partial charge in [0.2, 0.25) is 0 Å². The zero-order valence-corrected chi connectivity index (χ0v) is 20.3. The van der Waals surface area contributed by atoms with Gasteiger partial charge < -0.3 is 5.32 Å². The largest absolute Gasteiger partial charge is 0.321 e. The van der Waals surface area contributed by atoms with Crippen molar-refractivity contribution in [3.05, 3.63) is 89.8 Å². The van der Waals surface area contributed by atoms with E-state index in [1.807, 2.05) is 0 Å². The van der Waals surface area contributed by atoms with E-state index in [1.54, 1.807) is 6.07 Å². The van der Waals surface area contributed by atoms with Gasteiger partial charge in [-0.3, -0.25) is 19.6 Å². The normalized spacial score (nSPS) is 11.1. The van der Waals surface area contributed by atoms with Crippen molar-refractivity contribution in [1.29, 1.82) is 0 Å². The predicted octanol–water partition coefficient (Wildman–Crippen LogP) is 6.37. The van der Waals surface area contributed by atoms with Crippen LogP contribution in [-0.2, 0) is 10.0 Å². The Bertz CT molecular complexity index is 1350. The molecule has 2 N–H and O–H groups in total. The van der Waals surface area contributed by atoms with Crippen molar-refractivity contribution < 1.29 is 18.1 Å². The molecule has 0 aliphatic rings. The Hall–Kier alpha value is -2.37. The van der Waals surface area contributed by atoms with E-state index in [4.69, 9.17) is 34.8 Å². The number of amides is 1. The quantitative estimate of drug-likeness (QED) is 0.260. The van der Waals surface area contributed by atoms with Crippen molar-refractivity contribution in [2.75, 3.05) is 10.0 Å². The monoisotopic (exact) mass is 577 g/mol. The van der Waals surface area contributed by atoms with E-state index in [1.165, 1.54) is 30.3 Å². The Morgan fingerprint density at radius 3 is 2.31 bits per heavy atom. The smallest absolute Gasteiger partial charge is 0.289 e. The van der Waals surface area contributed by atoms with Gasteiger partial charge in [-0.2, -0.15) is 0 Å². The van der Waals surface area contributed by atoms with Crippen LogP contribution in [0.25, 0.3) is 0 Å². The lowest BCUT2D eigenvalue weighted by Crippen LogP contribution is -2.19. The molecule has 0 aliphatic heterocycles. The number of anilines is 2. The Labute approximate surface area is 205 Å². The molecule has 0 unspecified atom stereocenters. The number of hydrogen-bond donors (Lipinski definition) is 2. The summed E-state index contributed by atoms with van der Waals surface area (Å²) in [6.07, 6.45) is 0. The minimum atomic E-state index is -4.30. The fraction of sp³-hybridized carbons (Fsp3) is 0. The Kier molecular flexibility index (Phi) is 7.31. The first-order chi connectivity index (χ1) is 15.0. The standard InChI is InChI=1S/C19H11BrCl3N3O5S/c20-10-1-6-16(13(7-10)19(27)24-17-8-11(21)2-4-14(17)22)25-32(30,31)12-3-5-15(23)18(9-12)26(28)29/h1-9,25H,(H,24,27). The third-order valence-corrected chi connectivity index (χ3v) is 6.81. The first-order valence-corrected chi connectivity index (χ1v) is 11.9. The molecular formula is C19H11BrCl3N3O5S. The fourth-order valence-corrected chi connectivity index (χ4v) is 4.56. The molecule has 8 nitrogen and oxygen atoms in total. The number of nitro groups is 1.